The van der Waals surface area contributed by atoms with E-state index < -0.39 is 26.6 Å². The summed E-state index contributed by atoms with van der Waals surface area (Å²) in [4.78, 5) is -0.576. The standard InChI is InChI=1S/C12H16F2N2O2S/c1-16(7-8-3-2-4-8)19(17,18)12-6-11(15)9(13)5-10(12)14/h5-6,8H,2-4,7,15H2,1H3. The van der Waals surface area contributed by atoms with Gasteiger partial charge in [0.25, 0.3) is 0 Å². The van der Waals surface area contributed by atoms with Gasteiger partial charge in [0.1, 0.15) is 16.5 Å². The average molecular weight is 290 g/mol. The van der Waals surface area contributed by atoms with E-state index in [1.54, 1.807) is 0 Å². The highest BCUT2D eigenvalue weighted by Crippen LogP contribution is 2.29. The highest BCUT2D eigenvalue weighted by Gasteiger charge is 2.29. The second-order valence-electron chi connectivity index (χ2n) is 4.89. The molecule has 0 aliphatic heterocycles. The summed E-state index contributed by atoms with van der Waals surface area (Å²) in [5.41, 5.74) is 4.92. The normalized spacial score (nSPS) is 16.6. The van der Waals surface area contributed by atoms with Crippen LogP contribution in [0.15, 0.2) is 17.0 Å². The van der Waals surface area contributed by atoms with Gasteiger partial charge in [0.15, 0.2) is 0 Å². The van der Waals surface area contributed by atoms with Crippen molar-refractivity contribution in [3.8, 4) is 0 Å². The number of halogens is 2. The number of hydrogen-bond acceptors (Lipinski definition) is 3. The third-order valence-electron chi connectivity index (χ3n) is 3.48. The van der Waals surface area contributed by atoms with E-state index >= 15 is 0 Å². The highest BCUT2D eigenvalue weighted by molar-refractivity contribution is 7.89. The Morgan fingerprint density at radius 1 is 1.32 bits per heavy atom. The quantitative estimate of drug-likeness (QED) is 0.862. The first-order valence-electron chi connectivity index (χ1n) is 6.03. The van der Waals surface area contributed by atoms with Gasteiger partial charge in [-0.3, -0.25) is 0 Å². The van der Waals surface area contributed by atoms with Gasteiger partial charge in [-0.25, -0.2) is 21.5 Å². The molecule has 0 radical (unpaired) electrons. The van der Waals surface area contributed by atoms with Crippen LogP contribution in [0.2, 0.25) is 0 Å². The van der Waals surface area contributed by atoms with Gasteiger partial charge in [-0.2, -0.15) is 0 Å². The van der Waals surface area contributed by atoms with E-state index in [1.165, 1.54) is 7.05 Å². The minimum Gasteiger partial charge on any atom is -0.396 e. The smallest absolute Gasteiger partial charge is 0.245 e. The zero-order valence-corrected chi connectivity index (χ0v) is 11.4. The minimum atomic E-state index is -3.97. The van der Waals surface area contributed by atoms with Crippen molar-refractivity contribution in [2.24, 2.45) is 5.92 Å². The van der Waals surface area contributed by atoms with Crippen LogP contribution in [0.5, 0.6) is 0 Å². The fourth-order valence-electron chi connectivity index (χ4n) is 2.05. The van der Waals surface area contributed by atoms with Crippen molar-refractivity contribution in [1.82, 2.24) is 4.31 Å². The first-order chi connectivity index (χ1) is 8.82. The maximum atomic E-state index is 13.6. The number of nitrogens with zero attached hydrogens (tertiary/aromatic N) is 1. The van der Waals surface area contributed by atoms with Crippen LogP contribution >= 0.6 is 0 Å². The van der Waals surface area contributed by atoms with Crippen molar-refractivity contribution < 1.29 is 17.2 Å². The Bertz CT molecular complexity index is 586. The lowest BCUT2D eigenvalue weighted by Gasteiger charge is -2.29. The van der Waals surface area contributed by atoms with Gasteiger partial charge in [-0.05, 0) is 24.8 Å². The Morgan fingerprint density at radius 3 is 2.47 bits per heavy atom. The molecule has 0 atom stereocenters. The van der Waals surface area contributed by atoms with Crippen molar-refractivity contribution >= 4 is 15.7 Å². The fraction of sp³-hybridized carbons (Fsp3) is 0.500. The van der Waals surface area contributed by atoms with Crippen LogP contribution in [0.3, 0.4) is 0 Å². The van der Waals surface area contributed by atoms with Crippen molar-refractivity contribution in [1.29, 1.82) is 0 Å². The second kappa shape index (κ2) is 5.05. The molecule has 0 amide bonds. The van der Waals surface area contributed by atoms with Gasteiger partial charge in [0, 0.05) is 19.7 Å². The van der Waals surface area contributed by atoms with E-state index in [0.29, 0.717) is 18.5 Å². The molecule has 2 N–H and O–H groups in total. The average Bonchev–Trinajstić information content (AvgIpc) is 2.27. The van der Waals surface area contributed by atoms with Crippen molar-refractivity contribution in [2.75, 3.05) is 19.3 Å². The molecule has 1 fully saturated rings. The summed E-state index contributed by atoms with van der Waals surface area (Å²) in [7, 11) is -2.57. The third-order valence-corrected chi connectivity index (χ3v) is 5.32. The van der Waals surface area contributed by atoms with Crippen molar-refractivity contribution in [3.63, 3.8) is 0 Å². The van der Waals surface area contributed by atoms with E-state index in [4.69, 9.17) is 5.73 Å². The molecule has 1 aliphatic carbocycles. The zero-order valence-electron chi connectivity index (χ0n) is 10.6. The Balaban J connectivity index is 2.30. The van der Waals surface area contributed by atoms with Crippen LogP contribution in [-0.2, 0) is 10.0 Å². The number of benzene rings is 1. The largest absolute Gasteiger partial charge is 0.396 e. The summed E-state index contributed by atoms with van der Waals surface area (Å²) in [6.07, 6.45) is 3.05. The summed E-state index contributed by atoms with van der Waals surface area (Å²) in [5.74, 6) is -1.76. The molecule has 0 bridgehead atoms. The summed E-state index contributed by atoms with van der Waals surface area (Å²) >= 11 is 0. The molecule has 0 heterocycles. The van der Waals surface area contributed by atoms with Gasteiger partial charge < -0.3 is 5.73 Å². The van der Waals surface area contributed by atoms with Crippen LogP contribution in [0.25, 0.3) is 0 Å². The topological polar surface area (TPSA) is 63.4 Å². The van der Waals surface area contributed by atoms with Crippen LogP contribution < -0.4 is 5.73 Å². The van der Waals surface area contributed by atoms with Crippen LogP contribution in [0.1, 0.15) is 19.3 Å². The number of nitrogen functional groups attached to an aromatic ring is 1. The maximum Gasteiger partial charge on any atom is 0.245 e. The lowest BCUT2D eigenvalue weighted by atomic mass is 9.86. The summed E-state index contributed by atoms with van der Waals surface area (Å²) in [5, 5.41) is 0. The molecule has 2 rings (SSSR count). The molecule has 7 heteroatoms. The highest BCUT2D eigenvalue weighted by atomic mass is 32.2. The molecule has 1 saturated carbocycles. The number of rotatable bonds is 4. The second-order valence-corrected chi connectivity index (χ2v) is 6.90. The number of anilines is 1. The fourth-order valence-corrected chi connectivity index (χ4v) is 3.37. The summed E-state index contributed by atoms with van der Waals surface area (Å²) in [6, 6.07) is 1.33. The summed E-state index contributed by atoms with van der Waals surface area (Å²) in [6.45, 7) is 0.346. The van der Waals surface area contributed by atoms with E-state index in [9.17, 15) is 17.2 Å². The molecule has 106 valence electrons. The molecule has 0 spiro atoms. The molecule has 4 nitrogen and oxygen atoms in total. The monoisotopic (exact) mass is 290 g/mol. The lowest BCUT2D eigenvalue weighted by Crippen LogP contribution is -2.34. The van der Waals surface area contributed by atoms with Crippen LogP contribution in [-0.4, -0.2) is 26.3 Å². The maximum absolute atomic E-state index is 13.6. The van der Waals surface area contributed by atoms with E-state index in [1.807, 2.05) is 0 Å². The van der Waals surface area contributed by atoms with Gasteiger partial charge in [0.2, 0.25) is 10.0 Å². The molecule has 1 aliphatic rings. The number of sulfonamides is 1. The molecular formula is C12H16F2N2O2S. The lowest BCUT2D eigenvalue weighted by molar-refractivity contribution is 0.262. The van der Waals surface area contributed by atoms with E-state index in [2.05, 4.69) is 0 Å². The Labute approximate surface area is 111 Å². The Morgan fingerprint density at radius 2 is 1.95 bits per heavy atom. The third kappa shape index (κ3) is 2.71. The first-order valence-corrected chi connectivity index (χ1v) is 7.47. The molecule has 1 aromatic carbocycles. The molecule has 19 heavy (non-hydrogen) atoms. The first kappa shape index (κ1) is 14.2. The van der Waals surface area contributed by atoms with Gasteiger partial charge in [0.05, 0.1) is 5.69 Å². The molecule has 0 unspecified atom stereocenters. The van der Waals surface area contributed by atoms with Gasteiger partial charge in [-0.1, -0.05) is 6.42 Å². The van der Waals surface area contributed by atoms with E-state index in [0.717, 1.165) is 29.6 Å². The Kier molecular flexibility index (Phi) is 3.78. The predicted octanol–water partition coefficient (Wildman–Crippen LogP) is 1.97. The van der Waals surface area contributed by atoms with Gasteiger partial charge in [-0.15, -0.1) is 0 Å². The molecule has 1 aromatic rings. The van der Waals surface area contributed by atoms with Crippen molar-refractivity contribution in [3.05, 3.63) is 23.8 Å². The summed E-state index contributed by atoms with van der Waals surface area (Å²) < 4.78 is 52.2. The van der Waals surface area contributed by atoms with Gasteiger partial charge >= 0.3 is 0 Å². The number of nitrogens with two attached hydrogens (primary N) is 1. The molecular weight excluding hydrogens is 274 g/mol. The van der Waals surface area contributed by atoms with E-state index in [-0.39, 0.29) is 5.69 Å². The minimum absolute atomic E-state index is 0.320. The van der Waals surface area contributed by atoms with Crippen molar-refractivity contribution in [2.45, 2.75) is 24.2 Å². The molecule has 0 saturated heterocycles. The molecule has 0 aromatic heterocycles. The SMILES string of the molecule is CN(CC1CCC1)S(=O)(=O)c1cc(N)c(F)cc1F. The zero-order chi connectivity index (χ0) is 14.2. The van der Waals surface area contributed by atoms with Crippen LogP contribution in [0, 0.1) is 17.6 Å². The predicted molar refractivity (Wildman–Crippen MR) is 67.9 cm³/mol. The van der Waals surface area contributed by atoms with Crippen LogP contribution in [0.4, 0.5) is 14.5 Å². The number of hydrogen-bond donors (Lipinski definition) is 1. The Hall–Kier alpha value is -1.21.